The van der Waals surface area contributed by atoms with Gasteiger partial charge in [-0.2, -0.15) is 0 Å². The van der Waals surface area contributed by atoms with Gasteiger partial charge in [0.15, 0.2) is 0 Å². The highest BCUT2D eigenvalue weighted by molar-refractivity contribution is 7.15. The van der Waals surface area contributed by atoms with Gasteiger partial charge < -0.3 is 10.2 Å². The van der Waals surface area contributed by atoms with Gasteiger partial charge in [0.2, 0.25) is 16.9 Å². The van der Waals surface area contributed by atoms with Crippen molar-refractivity contribution in [3.63, 3.8) is 0 Å². The zero-order chi connectivity index (χ0) is 15.6. The molecule has 1 aliphatic heterocycles. The molecule has 1 atom stereocenters. The van der Waals surface area contributed by atoms with E-state index < -0.39 is 5.41 Å². The van der Waals surface area contributed by atoms with E-state index >= 15 is 0 Å². The molecule has 6 nitrogen and oxygen atoms in total. The lowest BCUT2D eigenvalue weighted by Crippen LogP contribution is -2.47. The quantitative estimate of drug-likeness (QED) is 0.907. The van der Waals surface area contributed by atoms with Gasteiger partial charge in [0.1, 0.15) is 5.01 Å². The minimum Gasteiger partial charge on any atom is -0.341 e. The fourth-order valence-corrected chi connectivity index (χ4v) is 3.00. The van der Waals surface area contributed by atoms with Crippen LogP contribution >= 0.6 is 11.3 Å². The van der Waals surface area contributed by atoms with Crippen LogP contribution < -0.4 is 5.32 Å². The number of carbonyl (C=O) groups is 2. The van der Waals surface area contributed by atoms with E-state index in [1.165, 1.54) is 11.3 Å². The topological polar surface area (TPSA) is 75.2 Å². The Morgan fingerprint density at radius 2 is 2.05 bits per heavy atom. The Morgan fingerprint density at radius 1 is 1.33 bits per heavy atom. The van der Waals surface area contributed by atoms with Crippen LogP contribution in [0.5, 0.6) is 0 Å². The van der Waals surface area contributed by atoms with Crippen LogP contribution in [0.2, 0.25) is 0 Å². The maximum absolute atomic E-state index is 12.3. The molecule has 0 aliphatic carbocycles. The fourth-order valence-electron chi connectivity index (χ4n) is 2.40. The molecule has 1 aliphatic rings. The second-order valence-corrected chi connectivity index (χ2v) is 7.64. The molecule has 1 saturated heterocycles. The molecular formula is C14H22N4O2S. The summed E-state index contributed by atoms with van der Waals surface area (Å²) in [7, 11) is 0. The summed E-state index contributed by atoms with van der Waals surface area (Å²) in [5.74, 6) is -0.140. The molecule has 0 saturated carbocycles. The normalized spacial score (nSPS) is 19.4. The summed E-state index contributed by atoms with van der Waals surface area (Å²) < 4.78 is 0. The van der Waals surface area contributed by atoms with Crippen LogP contribution in [0.3, 0.4) is 0 Å². The van der Waals surface area contributed by atoms with Crippen molar-refractivity contribution < 1.29 is 9.59 Å². The van der Waals surface area contributed by atoms with E-state index in [0.29, 0.717) is 11.7 Å². The van der Waals surface area contributed by atoms with Gasteiger partial charge in [0.25, 0.3) is 0 Å². The smallest absolute Gasteiger partial charge is 0.231 e. The molecule has 0 aromatic carbocycles. The summed E-state index contributed by atoms with van der Waals surface area (Å²) in [4.78, 5) is 26.4. The zero-order valence-corrected chi connectivity index (χ0v) is 13.8. The van der Waals surface area contributed by atoms with Crippen molar-refractivity contribution in [1.82, 2.24) is 15.1 Å². The number of nitrogens with zero attached hydrogens (tertiary/aromatic N) is 3. The Labute approximate surface area is 128 Å². The number of aromatic nitrogens is 2. The van der Waals surface area contributed by atoms with Crippen molar-refractivity contribution >= 4 is 28.3 Å². The third-order valence-corrected chi connectivity index (χ3v) is 4.23. The second-order valence-electron chi connectivity index (χ2n) is 6.46. The first kappa shape index (κ1) is 15.9. The number of aryl methyl sites for hydroxylation is 1. The monoisotopic (exact) mass is 310 g/mol. The highest BCUT2D eigenvalue weighted by atomic mass is 32.1. The molecule has 0 bridgehead atoms. The summed E-state index contributed by atoms with van der Waals surface area (Å²) >= 11 is 1.36. The molecule has 2 rings (SSSR count). The standard InChI is InChI=1S/C14H22N4O2S/c1-9-16-17-13(21-9)15-11(19)10-6-5-7-18(8-10)12(20)14(2,3)4/h10H,5-8H2,1-4H3,(H,15,17,19)/t10-/m0/s1. The highest BCUT2D eigenvalue weighted by Crippen LogP contribution is 2.24. The van der Waals surface area contributed by atoms with E-state index in [0.717, 1.165) is 24.4 Å². The van der Waals surface area contributed by atoms with E-state index in [1.807, 2.05) is 27.7 Å². The number of piperidine rings is 1. The minimum atomic E-state index is -0.408. The van der Waals surface area contributed by atoms with Crippen molar-refractivity contribution in [2.24, 2.45) is 11.3 Å². The SMILES string of the molecule is Cc1nnc(NC(=O)[C@H]2CCCN(C(=O)C(C)(C)C)C2)s1. The van der Waals surface area contributed by atoms with Gasteiger partial charge in [-0.25, -0.2) is 0 Å². The number of rotatable bonds is 2. The molecule has 2 heterocycles. The molecule has 116 valence electrons. The lowest BCUT2D eigenvalue weighted by Gasteiger charge is -2.35. The van der Waals surface area contributed by atoms with Gasteiger partial charge in [-0.05, 0) is 19.8 Å². The Hall–Kier alpha value is -1.50. The van der Waals surface area contributed by atoms with Gasteiger partial charge in [-0.15, -0.1) is 10.2 Å². The summed E-state index contributed by atoms with van der Waals surface area (Å²) in [6.07, 6.45) is 1.66. The minimum absolute atomic E-state index is 0.0717. The number of hydrogen-bond acceptors (Lipinski definition) is 5. The van der Waals surface area contributed by atoms with Crippen LogP contribution in [-0.2, 0) is 9.59 Å². The average Bonchev–Trinajstić information content (AvgIpc) is 2.82. The molecule has 2 amide bonds. The molecule has 0 radical (unpaired) electrons. The molecular weight excluding hydrogens is 288 g/mol. The predicted octanol–water partition coefficient (Wildman–Crippen LogP) is 2.07. The summed E-state index contributed by atoms with van der Waals surface area (Å²) in [6.45, 7) is 8.78. The maximum atomic E-state index is 12.3. The Kier molecular flexibility index (Phi) is 4.61. The largest absolute Gasteiger partial charge is 0.341 e. The van der Waals surface area contributed by atoms with Crippen molar-refractivity contribution in [2.75, 3.05) is 18.4 Å². The molecule has 7 heteroatoms. The summed E-state index contributed by atoms with van der Waals surface area (Å²) in [5.41, 5.74) is -0.408. The number of anilines is 1. The number of likely N-dealkylation sites (tertiary alicyclic amines) is 1. The first-order chi connectivity index (χ1) is 9.77. The summed E-state index contributed by atoms with van der Waals surface area (Å²) in [6, 6.07) is 0. The third-order valence-electron chi connectivity index (χ3n) is 3.48. The number of nitrogens with one attached hydrogen (secondary N) is 1. The second kappa shape index (κ2) is 6.09. The molecule has 1 aromatic rings. The van der Waals surface area contributed by atoms with Gasteiger partial charge >= 0.3 is 0 Å². The molecule has 21 heavy (non-hydrogen) atoms. The van der Waals surface area contributed by atoms with Gasteiger partial charge in [-0.1, -0.05) is 32.1 Å². The number of amides is 2. The lowest BCUT2D eigenvalue weighted by atomic mass is 9.91. The van der Waals surface area contributed by atoms with Crippen molar-refractivity contribution in [2.45, 2.75) is 40.5 Å². The van der Waals surface area contributed by atoms with Crippen LogP contribution in [0, 0.1) is 18.3 Å². The summed E-state index contributed by atoms with van der Waals surface area (Å²) in [5, 5.41) is 11.9. The molecule has 0 unspecified atom stereocenters. The Morgan fingerprint density at radius 3 is 2.62 bits per heavy atom. The lowest BCUT2D eigenvalue weighted by molar-refractivity contribution is -0.142. The molecule has 0 spiro atoms. The molecule has 1 N–H and O–H groups in total. The van der Waals surface area contributed by atoms with Gasteiger partial charge in [0, 0.05) is 18.5 Å². The van der Waals surface area contributed by atoms with Crippen LogP contribution in [0.4, 0.5) is 5.13 Å². The fraction of sp³-hybridized carbons (Fsp3) is 0.714. The van der Waals surface area contributed by atoms with E-state index in [2.05, 4.69) is 15.5 Å². The molecule has 1 aromatic heterocycles. The van der Waals surface area contributed by atoms with Gasteiger partial charge in [0.05, 0.1) is 5.92 Å². The van der Waals surface area contributed by atoms with Crippen LogP contribution in [0.1, 0.15) is 38.6 Å². The third kappa shape index (κ3) is 4.00. The van der Waals surface area contributed by atoms with Crippen LogP contribution in [0.15, 0.2) is 0 Å². The Balaban J connectivity index is 1.97. The Bertz CT molecular complexity index is 535. The predicted molar refractivity (Wildman–Crippen MR) is 82.0 cm³/mol. The van der Waals surface area contributed by atoms with Crippen molar-refractivity contribution in [3.05, 3.63) is 5.01 Å². The van der Waals surface area contributed by atoms with E-state index in [-0.39, 0.29) is 17.7 Å². The van der Waals surface area contributed by atoms with E-state index in [4.69, 9.17) is 0 Å². The first-order valence-electron chi connectivity index (χ1n) is 7.17. The van der Waals surface area contributed by atoms with E-state index in [1.54, 1.807) is 4.90 Å². The van der Waals surface area contributed by atoms with Crippen molar-refractivity contribution in [3.8, 4) is 0 Å². The van der Waals surface area contributed by atoms with Crippen LogP contribution in [0.25, 0.3) is 0 Å². The number of hydrogen-bond donors (Lipinski definition) is 1. The average molecular weight is 310 g/mol. The van der Waals surface area contributed by atoms with Gasteiger partial charge in [-0.3, -0.25) is 9.59 Å². The van der Waals surface area contributed by atoms with Crippen molar-refractivity contribution in [1.29, 1.82) is 0 Å². The molecule has 1 fully saturated rings. The zero-order valence-electron chi connectivity index (χ0n) is 13.0. The first-order valence-corrected chi connectivity index (χ1v) is 7.99. The van der Waals surface area contributed by atoms with Crippen LogP contribution in [-0.4, -0.2) is 40.0 Å². The maximum Gasteiger partial charge on any atom is 0.231 e. The number of carbonyl (C=O) groups excluding carboxylic acids is 2. The highest BCUT2D eigenvalue weighted by Gasteiger charge is 2.33. The van der Waals surface area contributed by atoms with E-state index in [9.17, 15) is 9.59 Å².